The molecule has 0 fully saturated rings. The third-order valence-corrected chi connectivity index (χ3v) is 2.56. The molecular weight excluding hydrogens is 370 g/mol. The van der Waals surface area contributed by atoms with Crippen LogP contribution >= 0.6 is 0 Å². The average molecular weight is 385 g/mol. The molecule has 1 aliphatic carbocycles. The second-order valence-corrected chi connectivity index (χ2v) is 3.62. The van der Waals surface area contributed by atoms with Crippen molar-refractivity contribution in [3.63, 3.8) is 0 Å². The molecule has 0 unspecified atom stereocenters. The Morgan fingerprint density at radius 1 is 1.00 bits per heavy atom. The molecule has 0 N–H and O–H groups in total. The van der Waals surface area contributed by atoms with Gasteiger partial charge in [-0.1, -0.05) is 33.1 Å². The first-order chi connectivity index (χ1) is 4.45. The van der Waals surface area contributed by atoms with E-state index in [4.69, 9.17) is 0 Å². The molecule has 0 aromatic carbocycles. The minimum absolute atomic E-state index is 0. The predicted molar refractivity (Wildman–Crippen MR) is 44.6 cm³/mol. The number of hydrogen-bond donors (Lipinski definition) is 0. The second-order valence-electron chi connectivity index (χ2n) is 3.62. The van der Waals surface area contributed by atoms with Crippen molar-refractivity contribution in [3.8, 4) is 0 Å². The maximum absolute atomic E-state index is 3.44. The first-order valence-corrected chi connectivity index (χ1v) is 3.75. The Balaban J connectivity index is -0.000000333. The van der Waals surface area contributed by atoms with E-state index in [1.807, 2.05) is 0 Å². The summed E-state index contributed by atoms with van der Waals surface area (Å²) in [6, 6.07) is 0. The van der Waals surface area contributed by atoms with E-state index in [9.17, 15) is 0 Å². The van der Waals surface area contributed by atoms with Crippen LogP contribution in [0.15, 0.2) is 16.7 Å². The Kier molecular flexibility index (Phi) is 9.63. The molecular formula is C10H15Cl2Hf-3. The van der Waals surface area contributed by atoms with E-state index in [0.29, 0.717) is 0 Å². The molecule has 13 heavy (non-hydrogen) atoms. The Bertz CT molecular complexity index is 227. The van der Waals surface area contributed by atoms with Crippen molar-refractivity contribution in [1.82, 2.24) is 0 Å². The summed E-state index contributed by atoms with van der Waals surface area (Å²) >= 11 is 0. The van der Waals surface area contributed by atoms with Gasteiger partial charge >= 0.3 is 0 Å². The maximum atomic E-state index is 3.44. The number of allylic oxidation sites excluding steroid dienone is 4. The number of rotatable bonds is 0. The van der Waals surface area contributed by atoms with Gasteiger partial charge in [-0.15, -0.1) is 6.92 Å². The third kappa shape index (κ3) is 3.89. The number of hydrogen-bond acceptors (Lipinski definition) is 0. The molecule has 3 heteroatoms. The normalized spacial score (nSPS) is 18.1. The SMILES string of the molecule is CC1=[C-]C(C)(C)C(C)=C1C.[Cl-].[Cl-].[Hf]. The van der Waals surface area contributed by atoms with E-state index >= 15 is 0 Å². The zero-order valence-corrected chi connectivity index (χ0v) is 13.9. The molecule has 0 aromatic heterocycles. The first kappa shape index (κ1) is 19.5. The van der Waals surface area contributed by atoms with E-state index < -0.39 is 0 Å². The van der Waals surface area contributed by atoms with Crippen molar-refractivity contribution in [3.05, 3.63) is 22.8 Å². The van der Waals surface area contributed by atoms with Crippen LogP contribution in [0.25, 0.3) is 0 Å². The Hall–Kier alpha value is 0.930. The number of halogens is 2. The van der Waals surface area contributed by atoms with Gasteiger partial charge in [-0.25, -0.2) is 5.57 Å². The summed E-state index contributed by atoms with van der Waals surface area (Å²) in [5.74, 6) is 0. The Morgan fingerprint density at radius 2 is 1.38 bits per heavy atom. The predicted octanol–water partition coefficient (Wildman–Crippen LogP) is -2.88. The maximum Gasteiger partial charge on any atom is 0 e. The molecule has 0 nitrogen and oxygen atoms in total. The average Bonchev–Trinajstić information content (AvgIpc) is 1.95. The molecule has 1 aliphatic rings. The van der Waals surface area contributed by atoms with Gasteiger partial charge in [-0.3, -0.25) is 6.08 Å². The van der Waals surface area contributed by atoms with Gasteiger partial charge < -0.3 is 24.8 Å². The van der Waals surface area contributed by atoms with Crippen LogP contribution in [-0.4, -0.2) is 0 Å². The fraction of sp³-hybridized carbons (Fsp3) is 0.600. The van der Waals surface area contributed by atoms with Crippen molar-refractivity contribution in [2.24, 2.45) is 5.41 Å². The Labute approximate surface area is 113 Å². The molecule has 0 spiro atoms. The molecule has 0 aliphatic heterocycles. The zero-order chi connectivity index (χ0) is 7.94. The van der Waals surface area contributed by atoms with E-state index in [2.05, 4.69) is 40.7 Å². The molecule has 0 bridgehead atoms. The summed E-state index contributed by atoms with van der Waals surface area (Å²) in [5, 5.41) is 0. The van der Waals surface area contributed by atoms with Gasteiger partial charge in [0, 0.05) is 25.8 Å². The third-order valence-electron chi connectivity index (χ3n) is 2.56. The van der Waals surface area contributed by atoms with Crippen LogP contribution in [-0.2, 0) is 25.8 Å². The van der Waals surface area contributed by atoms with E-state index in [0.717, 1.165) is 0 Å². The zero-order valence-electron chi connectivity index (χ0n) is 8.76. The van der Waals surface area contributed by atoms with Crippen molar-refractivity contribution < 1.29 is 50.7 Å². The molecule has 0 atom stereocenters. The minimum Gasteiger partial charge on any atom is -1.00 e. The second kappa shape index (κ2) is 6.42. The van der Waals surface area contributed by atoms with Crippen LogP contribution in [0.3, 0.4) is 0 Å². The van der Waals surface area contributed by atoms with Crippen LogP contribution in [0.2, 0.25) is 0 Å². The van der Waals surface area contributed by atoms with Gasteiger partial charge in [0.15, 0.2) is 0 Å². The largest absolute Gasteiger partial charge is 1.00 e. The minimum atomic E-state index is 0. The summed E-state index contributed by atoms with van der Waals surface area (Å²) in [6.45, 7) is 10.9. The van der Waals surface area contributed by atoms with Gasteiger partial charge in [0.25, 0.3) is 0 Å². The van der Waals surface area contributed by atoms with Crippen LogP contribution in [0.4, 0.5) is 0 Å². The van der Waals surface area contributed by atoms with Crippen molar-refractivity contribution in [2.75, 3.05) is 0 Å². The summed E-state index contributed by atoms with van der Waals surface area (Å²) in [6.07, 6.45) is 3.44. The fourth-order valence-electron chi connectivity index (χ4n) is 1.41. The van der Waals surface area contributed by atoms with Gasteiger partial charge in [0.05, 0.1) is 0 Å². The molecule has 1 rings (SSSR count). The summed E-state index contributed by atoms with van der Waals surface area (Å²) in [7, 11) is 0. The van der Waals surface area contributed by atoms with Gasteiger partial charge in [0.2, 0.25) is 0 Å². The van der Waals surface area contributed by atoms with Gasteiger partial charge in [0.1, 0.15) is 0 Å². The van der Waals surface area contributed by atoms with Crippen molar-refractivity contribution in [2.45, 2.75) is 34.6 Å². The van der Waals surface area contributed by atoms with Crippen molar-refractivity contribution >= 4 is 0 Å². The van der Waals surface area contributed by atoms with Gasteiger partial charge in [-0.05, 0) is 0 Å². The molecule has 0 radical (unpaired) electrons. The molecule has 76 valence electrons. The quantitative estimate of drug-likeness (QED) is 0.311. The van der Waals surface area contributed by atoms with E-state index in [-0.39, 0.29) is 56.1 Å². The smallest absolute Gasteiger partial charge is 0 e. The van der Waals surface area contributed by atoms with Gasteiger partial charge in [-0.2, -0.15) is 11.1 Å². The van der Waals surface area contributed by atoms with Crippen LogP contribution in [0, 0.1) is 11.5 Å². The molecule has 0 heterocycles. The molecule has 0 saturated carbocycles. The summed E-state index contributed by atoms with van der Waals surface area (Å²) < 4.78 is 0. The summed E-state index contributed by atoms with van der Waals surface area (Å²) in [5.41, 5.74) is 4.39. The van der Waals surface area contributed by atoms with Crippen molar-refractivity contribution in [1.29, 1.82) is 0 Å². The molecule has 0 saturated heterocycles. The van der Waals surface area contributed by atoms with E-state index in [1.165, 1.54) is 16.7 Å². The fourth-order valence-corrected chi connectivity index (χ4v) is 1.41. The standard InChI is InChI=1S/C10H15.2ClH.Hf/c1-7-6-10(4,5)9(3)8(7)2;;;/h1-5H3;2*1H;/q-1;;;/p-2. The Morgan fingerprint density at radius 3 is 1.46 bits per heavy atom. The molecule has 0 aromatic rings. The van der Waals surface area contributed by atoms with E-state index in [1.54, 1.807) is 0 Å². The van der Waals surface area contributed by atoms with Crippen LogP contribution in [0.1, 0.15) is 34.6 Å². The van der Waals surface area contributed by atoms with Crippen LogP contribution < -0.4 is 24.8 Å². The monoisotopic (exact) mass is 385 g/mol. The summed E-state index contributed by atoms with van der Waals surface area (Å²) in [4.78, 5) is 0. The van der Waals surface area contributed by atoms with Crippen LogP contribution in [0.5, 0.6) is 0 Å². The topological polar surface area (TPSA) is 0 Å². The molecule has 0 amide bonds. The first-order valence-electron chi connectivity index (χ1n) is 3.75.